The van der Waals surface area contributed by atoms with Crippen LogP contribution in [-0.4, -0.2) is 12.4 Å². The molecule has 0 amide bonds. The molecule has 90 valence electrons. The van der Waals surface area contributed by atoms with Crippen LogP contribution in [0.25, 0.3) is 0 Å². The first-order valence-electron chi connectivity index (χ1n) is 5.98. The molecule has 0 aliphatic rings. The Hall–Kier alpha value is -0.630. The van der Waals surface area contributed by atoms with Gasteiger partial charge in [0.1, 0.15) is 5.75 Å². The summed E-state index contributed by atoms with van der Waals surface area (Å²) >= 11 is 4.37. The van der Waals surface area contributed by atoms with Crippen molar-refractivity contribution in [3.05, 3.63) is 29.3 Å². The van der Waals surface area contributed by atoms with Crippen LogP contribution in [0.1, 0.15) is 30.9 Å². The molecule has 1 atom stereocenters. The van der Waals surface area contributed by atoms with Gasteiger partial charge in [-0.3, -0.25) is 0 Å². The predicted molar refractivity (Wildman–Crippen MR) is 73.7 cm³/mol. The van der Waals surface area contributed by atoms with Gasteiger partial charge in [-0.25, -0.2) is 0 Å². The predicted octanol–water partition coefficient (Wildman–Crippen LogP) is 4.03. The summed E-state index contributed by atoms with van der Waals surface area (Å²) < 4.78 is 5.92. The van der Waals surface area contributed by atoms with Crippen LogP contribution in [0, 0.1) is 19.8 Å². The van der Waals surface area contributed by atoms with Crippen molar-refractivity contribution in [2.24, 2.45) is 5.92 Å². The van der Waals surface area contributed by atoms with Crippen molar-refractivity contribution in [1.29, 1.82) is 0 Å². The van der Waals surface area contributed by atoms with E-state index in [1.165, 1.54) is 24.0 Å². The number of rotatable bonds is 6. The van der Waals surface area contributed by atoms with Crippen LogP contribution in [0.2, 0.25) is 0 Å². The van der Waals surface area contributed by atoms with Crippen LogP contribution in [0.3, 0.4) is 0 Å². The van der Waals surface area contributed by atoms with Crippen LogP contribution in [0.5, 0.6) is 5.75 Å². The minimum atomic E-state index is 0.562. The molecule has 0 heterocycles. The third-order valence-corrected chi connectivity index (χ3v) is 3.34. The van der Waals surface area contributed by atoms with Crippen LogP contribution >= 0.6 is 12.6 Å². The van der Waals surface area contributed by atoms with Crippen LogP contribution in [0.15, 0.2) is 18.2 Å². The van der Waals surface area contributed by atoms with Crippen molar-refractivity contribution >= 4 is 12.6 Å². The molecule has 0 aliphatic heterocycles. The van der Waals surface area contributed by atoms with Gasteiger partial charge in [-0.2, -0.15) is 12.6 Å². The molecule has 16 heavy (non-hydrogen) atoms. The van der Waals surface area contributed by atoms with Gasteiger partial charge in [0.2, 0.25) is 0 Å². The van der Waals surface area contributed by atoms with Crippen molar-refractivity contribution in [1.82, 2.24) is 0 Å². The number of aryl methyl sites for hydroxylation is 2. The van der Waals surface area contributed by atoms with Crippen LogP contribution in [-0.2, 0) is 0 Å². The average Bonchev–Trinajstić information content (AvgIpc) is 2.27. The largest absolute Gasteiger partial charge is 0.493 e. The monoisotopic (exact) mass is 238 g/mol. The highest BCUT2D eigenvalue weighted by Crippen LogP contribution is 2.23. The number of thiol groups is 1. The van der Waals surface area contributed by atoms with E-state index in [1.807, 2.05) is 0 Å². The normalized spacial score (nSPS) is 12.5. The Labute approximate surface area is 105 Å². The highest BCUT2D eigenvalue weighted by atomic mass is 32.1. The Morgan fingerprint density at radius 1 is 1.25 bits per heavy atom. The summed E-state index contributed by atoms with van der Waals surface area (Å²) in [5.74, 6) is 2.51. The van der Waals surface area contributed by atoms with E-state index in [9.17, 15) is 0 Å². The van der Waals surface area contributed by atoms with E-state index < -0.39 is 0 Å². The number of benzene rings is 1. The fourth-order valence-corrected chi connectivity index (χ4v) is 2.15. The first-order valence-corrected chi connectivity index (χ1v) is 6.62. The van der Waals surface area contributed by atoms with Gasteiger partial charge in [0.05, 0.1) is 6.61 Å². The number of ether oxygens (including phenoxy) is 1. The Bertz CT molecular complexity index is 302. The first-order chi connectivity index (χ1) is 7.69. The van der Waals surface area contributed by atoms with Gasteiger partial charge < -0.3 is 4.74 Å². The molecule has 0 saturated carbocycles. The SMILES string of the molecule is CCCC(CS)COc1c(C)cccc1C. The molecule has 0 aliphatic carbocycles. The standard InChI is InChI=1S/C14H22OS/c1-4-6-13(10-16)9-15-14-11(2)7-5-8-12(14)3/h5,7-8,13,16H,4,6,9-10H2,1-3H3. The number of para-hydroxylation sites is 1. The molecule has 2 heteroatoms. The highest BCUT2D eigenvalue weighted by molar-refractivity contribution is 7.80. The van der Waals surface area contributed by atoms with Gasteiger partial charge in [0.25, 0.3) is 0 Å². The Kier molecular flexibility index (Phi) is 5.75. The molecule has 1 nitrogen and oxygen atoms in total. The number of hydrogen-bond donors (Lipinski definition) is 1. The Morgan fingerprint density at radius 2 is 1.88 bits per heavy atom. The molecule has 0 saturated heterocycles. The van der Waals surface area contributed by atoms with E-state index in [0.717, 1.165) is 18.1 Å². The van der Waals surface area contributed by atoms with Crippen molar-refractivity contribution < 1.29 is 4.74 Å². The summed E-state index contributed by atoms with van der Waals surface area (Å²) in [6.45, 7) is 7.17. The van der Waals surface area contributed by atoms with Crippen molar-refractivity contribution in [2.45, 2.75) is 33.6 Å². The molecule has 1 aromatic rings. The lowest BCUT2D eigenvalue weighted by molar-refractivity contribution is 0.251. The van der Waals surface area contributed by atoms with E-state index in [4.69, 9.17) is 4.74 Å². The van der Waals surface area contributed by atoms with E-state index >= 15 is 0 Å². The zero-order valence-corrected chi connectivity index (χ0v) is 11.4. The third-order valence-electron chi connectivity index (χ3n) is 2.83. The fraction of sp³-hybridized carbons (Fsp3) is 0.571. The molecule has 1 aromatic carbocycles. The van der Waals surface area contributed by atoms with Gasteiger partial charge in [-0.15, -0.1) is 0 Å². The maximum atomic E-state index is 5.92. The molecule has 0 spiro atoms. The molecule has 0 fully saturated rings. The van der Waals surface area contributed by atoms with Crippen molar-refractivity contribution in [3.8, 4) is 5.75 Å². The number of hydrogen-bond acceptors (Lipinski definition) is 2. The quantitative estimate of drug-likeness (QED) is 0.736. The van der Waals surface area contributed by atoms with Crippen molar-refractivity contribution in [2.75, 3.05) is 12.4 Å². The van der Waals surface area contributed by atoms with Gasteiger partial charge in [-0.1, -0.05) is 31.5 Å². The Balaban J connectivity index is 2.59. The smallest absolute Gasteiger partial charge is 0.125 e. The molecule has 0 radical (unpaired) electrons. The van der Waals surface area contributed by atoms with Gasteiger partial charge in [0, 0.05) is 5.92 Å². The van der Waals surface area contributed by atoms with Gasteiger partial charge in [-0.05, 0) is 37.1 Å². The molecule has 0 N–H and O–H groups in total. The molecule has 0 bridgehead atoms. The first kappa shape index (κ1) is 13.4. The van der Waals surface area contributed by atoms with Gasteiger partial charge in [0.15, 0.2) is 0 Å². The maximum Gasteiger partial charge on any atom is 0.125 e. The van der Waals surface area contributed by atoms with E-state index in [1.54, 1.807) is 0 Å². The van der Waals surface area contributed by atoms with E-state index in [-0.39, 0.29) is 0 Å². The van der Waals surface area contributed by atoms with Crippen LogP contribution in [0.4, 0.5) is 0 Å². The van der Waals surface area contributed by atoms with Crippen LogP contribution < -0.4 is 4.74 Å². The fourth-order valence-electron chi connectivity index (χ4n) is 1.86. The second-order valence-corrected chi connectivity index (χ2v) is 4.73. The highest BCUT2D eigenvalue weighted by Gasteiger charge is 2.09. The molecular weight excluding hydrogens is 216 g/mol. The van der Waals surface area contributed by atoms with Crippen molar-refractivity contribution in [3.63, 3.8) is 0 Å². The summed E-state index contributed by atoms with van der Waals surface area (Å²) in [5.41, 5.74) is 2.43. The molecule has 0 aromatic heterocycles. The van der Waals surface area contributed by atoms with E-state index in [2.05, 4.69) is 51.6 Å². The lowest BCUT2D eigenvalue weighted by Crippen LogP contribution is -2.14. The minimum Gasteiger partial charge on any atom is -0.493 e. The summed E-state index contributed by atoms with van der Waals surface area (Å²) in [7, 11) is 0. The lowest BCUT2D eigenvalue weighted by Gasteiger charge is -2.17. The topological polar surface area (TPSA) is 9.23 Å². The lowest BCUT2D eigenvalue weighted by atomic mass is 10.1. The molecule has 1 unspecified atom stereocenters. The second-order valence-electron chi connectivity index (χ2n) is 4.37. The average molecular weight is 238 g/mol. The summed E-state index contributed by atoms with van der Waals surface area (Å²) in [4.78, 5) is 0. The van der Waals surface area contributed by atoms with E-state index in [0.29, 0.717) is 5.92 Å². The maximum absolute atomic E-state index is 5.92. The zero-order chi connectivity index (χ0) is 12.0. The summed E-state index contributed by atoms with van der Waals surface area (Å²) in [5, 5.41) is 0. The molecule has 1 rings (SSSR count). The van der Waals surface area contributed by atoms with Gasteiger partial charge >= 0.3 is 0 Å². The zero-order valence-electron chi connectivity index (χ0n) is 10.5. The third kappa shape index (κ3) is 3.75. The second kappa shape index (κ2) is 6.85. The Morgan fingerprint density at radius 3 is 2.38 bits per heavy atom. The molecular formula is C14H22OS. The summed E-state index contributed by atoms with van der Waals surface area (Å²) in [6, 6.07) is 6.26. The minimum absolute atomic E-state index is 0.562. The summed E-state index contributed by atoms with van der Waals surface area (Å²) in [6.07, 6.45) is 2.38.